The fraction of sp³-hybridized carbons (Fsp3) is 0.500. The van der Waals surface area contributed by atoms with Crippen molar-refractivity contribution in [2.24, 2.45) is 0 Å². The lowest BCUT2D eigenvalue weighted by atomic mass is 9.96. The maximum Gasteiger partial charge on any atom is 0.336 e. The summed E-state index contributed by atoms with van der Waals surface area (Å²) in [4.78, 5) is 335. The van der Waals surface area contributed by atoms with E-state index in [1.54, 1.807) is 0 Å². The predicted octanol–water partition coefficient (Wildman–Crippen LogP) is -13.7. The van der Waals surface area contributed by atoms with Crippen molar-refractivity contribution in [2.45, 2.75) is 203 Å². The molecule has 77 nitrogen and oxygen atoms in total. The second-order valence-electron chi connectivity index (χ2n) is 27.3. The molecule has 0 heterocycles. The third kappa shape index (κ3) is 74.0. The van der Waals surface area contributed by atoms with Crippen molar-refractivity contribution in [1.82, 2.24) is 0 Å². The fourth-order valence-electron chi connectivity index (χ4n) is 7.85. The Hall–Kier alpha value is -17.9. The van der Waals surface area contributed by atoms with Crippen LogP contribution in [0.15, 0.2) is 0 Å². The van der Waals surface area contributed by atoms with Crippen LogP contribution in [0.3, 0.4) is 0 Å². The molecule has 0 fully saturated rings. The number of carboxylic acid groups (broad SMARTS) is 33. The molecule has 0 aromatic heterocycles. The van der Waals surface area contributed by atoms with Gasteiger partial charge in [-0.25, -0.2) is 52.7 Å². The van der Waals surface area contributed by atoms with Gasteiger partial charge in [0.1, 0.15) is 0 Å². The summed E-state index contributed by atoms with van der Waals surface area (Å²) >= 11 is 0. The van der Waals surface area contributed by atoms with Crippen LogP contribution in [0.1, 0.15) is 141 Å². The van der Waals surface area contributed by atoms with E-state index in [-0.39, 0.29) is 0 Å². The van der Waals surface area contributed by atoms with Crippen LogP contribution in [0, 0.1) is 0 Å². The van der Waals surface area contributed by atoms with Crippen molar-refractivity contribution in [2.75, 3.05) is 0 Å². The van der Waals surface area contributed by atoms with Crippen molar-refractivity contribution in [3.63, 3.8) is 0 Å². The number of hydrogen-bond acceptors (Lipinski definition) is 44. The summed E-state index contributed by atoms with van der Waals surface area (Å²) in [6, 6.07) is 0. The van der Waals surface area contributed by atoms with Gasteiger partial charge in [-0.1, -0.05) is 0 Å². The number of aliphatic hydroxyl groups is 11. The molecule has 0 aliphatic carbocycles. The molecule has 143 heavy (non-hydrogen) atoms. The molecule has 0 unspecified atom stereocenters. The first-order valence-corrected chi connectivity index (χ1v) is 34.9. The van der Waals surface area contributed by atoms with E-state index in [1.807, 2.05) is 0 Å². The first-order valence-electron chi connectivity index (χ1n) is 34.9. The lowest BCUT2D eigenvalue weighted by molar-refractivity contribution is -0.170. The molecule has 0 aromatic rings. The first kappa shape index (κ1) is 148. The monoisotopic (exact) mass is 2110 g/mol. The highest BCUT2D eigenvalue weighted by Crippen LogP contribution is 2.24. The SMILES string of the molecule is O=C(O)CC(O)(CC(=O)O)C(=O)O.O=C(O)CC(O)(CC(=O)O)C(=O)O.O=C(O)CC(O)(CC(=O)O)C(=O)O.O=C(O)CC(O)(CC(=O)O)C(=O)O.O=C(O)CC(O)(CC(=O)O)C(=O)O.O=C(O)CC(O)(CC(=O)O)C(=O)O.O=C(O)CC(O)(CC(=O)O)C(=O)O.O=C(O)CC(O)(CC(=O)O)C(=O)O.O=C(O)CC(O)(CC(=O)O)C(=O)O.O=C(O)CC(O)(CC(=O)O)C(=O)O.O=C(O)CC(O)(CC(=O)O)C(=O)O. The molecule has 0 amide bonds. The molecule has 0 rings (SSSR count). The van der Waals surface area contributed by atoms with Gasteiger partial charge in [-0.3, -0.25) is 105 Å². The van der Waals surface area contributed by atoms with Crippen LogP contribution >= 0.6 is 0 Å². The van der Waals surface area contributed by atoms with E-state index in [2.05, 4.69) is 0 Å². The maximum absolute atomic E-state index is 10.3. The van der Waals surface area contributed by atoms with Gasteiger partial charge in [0.25, 0.3) is 0 Å². The summed E-state index contributed by atoms with van der Waals surface area (Å²) in [5.41, 5.74) is -30.1. The molecule has 0 bridgehead atoms. The molecule has 0 atom stereocenters. The highest BCUT2D eigenvalue weighted by atomic mass is 16.5. The van der Waals surface area contributed by atoms with Gasteiger partial charge in [0.05, 0.1) is 141 Å². The highest BCUT2D eigenvalue weighted by molar-refractivity contribution is 5.95. The van der Waals surface area contributed by atoms with Gasteiger partial charge in [-0.15, -0.1) is 0 Å². The average Bonchev–Trinajstić information content (AvgIpc) is 0.933. The van der Waals surface area contributed by atoms with Crippen molar-refractivity contribution < 1.29 is 383 Å². The van der Waals surface area contributed by atoms with E-state index in [1.165, 1.54) is 0 Å². The lowest BCUT2D eigenvalue weighted by Crippen LogP contribution is -2.42. The molecule has 77 heteroatoms. The minimum absolute atomic E-state index is 1.14. The summed E-state index contributed by atoms with van der Waals surface area (Å²) in [5.74, 6) is -55.2. The molecule has 0 aliphatic rings. The van der Waals surface area contributed by atoms with E-state index >= 15 is 0 Å². The molecule has 814 valence electrons. The number of carbonyl (C=O) groups is 33. The summed E-state index contributed by atoms with van der Waals surface area (Å²) in [6.45, 7) is 0. The number of rotatable bonds is 55. The number of hydrogen-bond donors (Lipinski definition) is 44. The second kappa shape index (κ2) is 65.7. The molecule has 0 spiro atoms. The van der Waals surface area contributed by atoms with E-state index in [0.29, 0.717) is 0 Å². The van der Waals surface area contributed by atoms with Crippen molar-refractivity contribution in [3.05, 3.63) is 0 Å². The Balaban J connectivity index is -0.000000149. The second-order valence-corrected chi connectivity index (χ2v) is 27.3. The minimum atomic E-state index is -2.74. The third-order valence-corrected chi connectivity index (χ3v) is 14.1. The molecular weight excluding hydrogens is 2020 g/mol. The molecular formula is C66H88O77. The van der Waals surface area contributed by atoms with Crippen LogP contribution in [0.5, 0.6) is 0 Å². The van der Waals surface area contributed by atoms with Gasteiger partial charge in [-0.2, -0.15) is 0 Å². The van der Waals surface area contributed by atoms with Gasteiger partial charge in [-0.05, 0) is 0 Å². The molecule has 44 N–H and O–H groups in total. The fourth-order valence-corrected chi connectivity index (χ4v) is 7.85. The van der Waals surface area contributed by atoms with Crippen LogP contribution < -0.4 is 0 Å². The van der Waals surface area contributed by atoms with Crippen LogP contribution in [0.2, 0.25) is 0 Å². The van der Waals surface area contributed by atoms with Crippen LogP contribution in [0.25, 0.3) is 0 Å². The van der Waals surface area contributed by atoms with E-state index in [9.17, 15) is 158 Å². The molecule has 0 saturated carbocycles. The summed E-state index contributed by atoms with van der Waals surface area (Å²) in [5, 5.41) is 372. The zero-order chi connectivity index (χ0) is 117. The Morgan fingerprint density at radius 1 is 0.0839 bits per heavy atom. The topological polar surface area (TPSA) is 1450 Å². The van der Waals surface area contributed by atoms with Crippen molar-refractivity contribution in [3.8, 4) is 0 Å². The highest BCUT2D eigenvalue weighted by Gasteiger charge is 2.49. The normalized spacial score (nSPS) is 10.8. The van der Waals surface area contributed by atoms with Crippen molar-refractivity contribution >= 4 is 197 Å². The molecule has 0 aliphatic heterocycles. The Morgan fingerprint density at radius 2 is 0.112 bits per heavy atom. The van der Waals surface area contributed by atoms with Crippen LogP contribution in [0.4, 0.5) is 0 Å². The van der Waals surface area contributed by atoms with E-state index in [4.69, 9.17) is 225 Å². The van der Waals surface area contributed by atoms with Gasteiger partial charge >= 0.3 is 197 Å². The largest absolute Gasteiger partial charge is 0.481 e. The zero-order valence-corrected chi connectivity index (χ0v) is 70.7. The predicted molar refractivity (Wildman–Crippen MR) is 408 cm³/mol. The smallest absolute Gasteiger partial charge is 0.336 e. The molecule has 0 saturated heterocycles. The maximum atomic E-state index is 10.3. The Kier molecular flexibility index (Phi) is 68.0. The Morgan fingerprint density at radius 3 is 0.126 bits per heavy atom. The van der Waals surface area contributed by atoms with Gasteiger partial charge in [0, 0.05) is 0 Å². The van der Waals surface area contributed by atoms with Gasteiger partial charge in [0.2, 0.25) is 0 Å². The summed E-state index contributed by atoms with van der Waals surface area (Å²) in [7, 11) is 0. The zero-order valence-electron chi connectivity index (χ0n) is 70.7. The Bertz CT molecular complexity index is 3490. The number of aliphatic carboxylic acids is 33. The lowest BCUT2D eigenvalue weighted by Gasteiger charge is -2.18. The van der Waals surface area contributed by atoms with Crippen LogP contribution in [-0.4, -0.2) is 483 Å². The minimum Gasteiger partial charge on any atom is -0.481 e. The molecule has 0 aromatic carbocycles. The van der Waals surface area contributed by atoms with E-state index < -0.39 is 400 Å². The Labute approximate surface area is 781 Å². The van der Waals surface area contributed by atoms with Gasteiger partial charge in [0.15, 0.2) is 61.6 Å². The summed E-state index contributed by atoms with van der Waals surface area (Å²) in [6.07, 6.45) is -25.2. The first-order chi connectivity index (χ1) is 63.5. The molecule has 0 radical (unpaired) electrons. The standard InChI is InChI=1S/11C6H8O7/c11*7-3(8)1-6(13,5(11)12)2-4(9)10/h11*13H,1-2H2,(H,7,8)(H,9,10)(H,11,12). The quantitative estimate of drug-likeness (QED) is 0.0269. The number of carboxylic acids is 33. The van der Waals surface area contributed by atoms with E-state index in [0.717, 1.165) is 0 Å². The average molecular weight is 2110 g/mol. The third-order valence-electron chi connectivity index (χ3n) is 14.1. The van der Waals surface area contributed by atoms with Crippen LogP contribution in [-0.2, 0) is 158 Å². The summed E-state index contributed by atoms with van der Waals surface area (Å²) < 4.78 is 0. The van der Waals surface area contributed by atoms with Crippen molar-refractivity contribution in [1.29, 1.82) is 0 Å². The van der Waals surface area contributed by atoms with Gasteiger partial charge < -0.3 is 225 Å².